The molecule has 10 heteroatoms. The van der Waals surface area contributed by atoms with Crippen LogP contribution in [0, 0.1) is 12.7 Å². The number of carbonyl (C=O) groups is 2. The van der Waals surface area contributed by atoms with Crippen LogP contribution in [0.25, 0.3) is 16.3 Å². The number of benzene rings is 2. The van der Waals surface area contributed by atoms with Crippen LogP contribution in [0.5, 0.6) is 0 Å². The average Bonchev–Trinajstić information content (AvgIpc) is 3.63. The highest BCUT2D eigenvalue weighted by molar-refractivity contribution is 8.00. The van der Waals surface area contributed by atoms with Gasteiger partial charge >= 0.3 is 0 Å². The smallest absolute Gasteiger partial charge is 0.240 e. The minimum Gasteiger partial charge on any atom is -0.349 e. The average molecular weight is 584 g/mol. The number of nitrogens with zero attached hydrogens (tertiary/aromatic N) is 4. The standard InChI is InChI=1S/C31H26FN5O2S2/c1-20-7-13-24(14-8-20)37-31-28(29(35-37)25-6-4-16-40-25)30(21-9-11-22(32)12-10-21)41-19-27(39)36(31)18-26(38)34-17-23-5-2-3-15-33-23/h2-16,30H,17-19H2,1H3,(H,34,38)/t30-/m1/s1. The quantitative estimate of drug-likeness (QED) is 0.257. The van der Waals surface area contributed by atoms with Gasteiger partial charge in [0.25, 0.3) is 0 Å². The molecule has 41 heavy (non-hydrogen) atoms. The Hall–Kier alpha value is -4.28. The highest BCUT2D eigenvalue weighted by Gasteiger charge is 2.38. The number of thiophene rings is 1. The molecule has 1 atom stereocenters. The third-order valence-corrected chi connectivity index (χ3v) is 8.92. The van der Waals surface area contributed by atoms with Crippen molar-refractivity contribution in [2.24, 2.45) is 0 Å². The van der Waals surface area contributed by atoms with Crippen molar-refractivity contribution in [2.75, 3.05) is 17.2 Å². The van der Waals surface area contributed by atoms with Gasteiger partial charge in [0.15, 0.2) is 0 Å². The molecule has 0 saturated heterocycles. The van der Waals surface area contributed by atoms with Crippen LogP contribution in [0.1, 0.15) is 27.6 Å². The summed E-state index contributed by atoms with van der Waals surface area (Å²) >= 11 is 3.01. The van der Waals surface area contributed by atoms with Gasteiger partial charge in [-0.2, -0.15) is 5.10 Å². The number of aromatic nitrogens is 3. The molecule has 1 N–H and O–H groups in total. The van der Waals surface area contributed by atoms with Gasteiger partial charge in [0, 0.05) is 11.8 Å². The maximum Gasteiger partial charge on any atom is 0.240 e. The van der Waals surface area contributed by atoms with Crippen molar-refractivity contribution in [1.29, 1.82) is 0 Å². The Bertz CT molecular complexity index is 1670. The third-order valence-electron chi connectivity index (χ3n) is 6.79. The van der Waals surface area contributed by atoms with Crippen LogP contribution in [0.4, 0.5) is 10.2 Å². The molecule has 1 aliphatic heterocycles. The lowest BCUT2D eigenvalue weighted by Gasteiger charge is -2.23. The van der Waals surface area contributed by atoms with Crippen molar-refractivity contribution in [1.82, 2.24) is 20.1 Å². The first-order valence-electron chi connectivity index (χ1n) is 13.1. The molecule has 4 heterocycles. The number of rotatable bonds is 7. The van der Waals surface area contributed by atoms with E-state index in [0.717, 1.165) is 38.6 Å². The van der Waals surface area contributed by atoms with Crippen molar-refractivity contribution in [3.05, 3.63) is 119 Å². The second kappa shape index (κ2) is 11.7. The van der Waals surface area contributed by atoms with Crippen LogP contribution in [0.15, 0.2) is 90.4 Å². The van der Waals surface area contributed by atoms with Crippen LogP contribution in [0.3, 0.4) is 0 Å². The highest BCUT2D eigenvalue weighted by atomic mass is 32.2. The predicted molar refractivity (Wildman–Crippen MR) is 161 cm³/mol. The minimum atomic E-state index is -0.330. The molecule has 3 aromatic heterocycles. The Kier molecular flexibility index (Phi) is 7.67. The Balaban J connectivity index is 1.49. The lowest BCUT2D eigenvalue weighted by Crippen LogP contribution is -2.42. The maximum absolute atomic E-state index is 13.9. The van der Waals surface area contributed by atoms with Gasteiger partial charge in [-0.05, 0) is 60.3 Å². The normalized spacial score (nSPS) is 14.9. The van der Waals surface area contributed by atoms with Gasteiger partial charge in [0.05, 0.1) is 33.8 Å². The van der Waals surface area contributed by atoms with Crippen LogP contribution >= 0.6 is 23.1 Å². The fourth-order valence-corrected chi connectivity index (χ4v) is 6.69. The summed E-state index contributed by atoms with van der Waals surface area (Å²) in [5.74, 6) is -0.171. The number of thioether (sulfide) groups is 1. The van der Waals surface area contributed by atoms with Crippen LogP contribution in [-0.2, 0) is 16.1 Å². The Morgan fingerprint density at radius 2 is 1.85 bits per heavy atom. The van der Waals surface area contributed by atoms with Gasteiger partial charge < -0.3 is 5.32 Å². The van der Waals surface area contributed by atoms with E-state index in [2.05, 4.69) is 10.3 Å². The molecule has 206 valence electrons. The van der Waals surface area contributed by atoms with Crippen molar-refractivity contribution >= 4 is 40.7 Å². The molecule has 0 radical (unpaired) electrons. The van der Waals surface area contributed by atoms with Crippen molar-refractivity contribution in [3.8, 4) is 16.3 Å². The van der Waals surface area contributed by atoms with Crippen molar-refractivity contribution in [2.45, 2.75) is 18.7 Å². The van der Waals surface area contributed by atoms with Crippen LogP contribution < -0.4 is 10.2 Å². The summed E-state index contributed by atoms with van der Waals surface area (Å²) in [6.45, 7) is 2.07. The lowest BCUT2D eigenvalue weighted by molar-refractivity contribution is -0.123. The molecular formula is C31H26FN5O2S2. The Labute approximate surface area is 245 Å². The maximum atomic E-state index is 13.9. The molecule has 2 amide bonds. The number of anilines is 1. The minimum absolute atomic E-state index is 0.141. The molecule has 0 fully saturated rings. The zero-order valence-corrected chi connectivity index (χ0v) is 23.8. The fraction of sp³-hybridized carbons (Fsp3) is 0.161. The molecule has 0 bridgehead atoms. The van der Waals surface area contributed by atoms with Crippen molar-refractivity contribution < 1.29 is 14.0 Å². The van der Waals surface area contributed by atoms with Gasteiger partial charge in [-0.15, -0.1) is 23.1 Å². The zero-order valence-electron chi connectivity index (χ0n) is 22.2. The number of carbonyl (C=O) groups excluding carboxylic acids is 2. The molecular weight excluding hydrogens is 558 g/mol. The molecule has 0 spiro atoms. The van der Waals surface area contributed by atoms with E-state index in [0.29, 0.717) is 5.82 Å². The van der Waals surface area contributed by atoms with E-state index in [-0.39, 0.29) is 41.7 Å². The number of amides is 2. The number of pyridine rings is 1. The van der Waals surface area contributed by atoms with E-state index >= 15 is 0 Å². The van der Waals surface area contributed by atoms with E-state index in [4.69, 9.17) is 5.10 Å². The topological polar surface area (TPSA) is 80.1 Å². The molecule has 7 nitrogen and oxygen atoms in total. The highest BCUT2D eigenvalue weighted by Crippen LogP contribution is 2.49. The lowest BCUT2D eigenvalue weighted by atomic mass is 10.0. The third kappa shape index (κ3) is 5.66. The van der Waals surface area contributed by atoms with E-state index in [1.165, 1.54) is 28.8 Å². The summed E-state index contributed by atoms with van der Waals surface area (Å²) in [6, 6.07) is 23.7. The number of nitrogens with one attached hydrogen (secondary N) is 1. The van der Waals surface area contributed by atoms with Gasteiger partial charge in [0.2, 0.25) is 11.8 Å². The molecule has 0 aliphatic carbocycles. The number of fused-ring (bicyclic) bond motifs is 1. The van der Waals surface area contributed by atoms with E-state index in [1.807, 2.05) is 66.9 Å². The summed E-state index contributed by atoms with van der Waals surface area (Å²) in [6.07, 6.45) is 1.67. The molecule has 6 rings (SSSR count). The van der Waals surface area contributed by atoms with E-state index in [1.54, 1.807) is 34.3 Å². The predicted octanol–water partition coefficient (Wildman–Crippen LogP) is 5.93. The summed E-state index contributed by atoms with van der Waals surface area (Å²) < 4.78 is 15.7. The van der Waals surface area contributed by atoms with Gasteiger partial charge in [-0.25, -0.2) is 9.07 Å². The largest absolute Gasteiger partial charge is 0.349 e. The Morgan fingerprint density at radius 1 is 1.05 bits per heavy atom. The first-order chi connectivity index (χ1) is 20.0. The number of aryl methyl sites for hydroxylation is 1. The van der Waals surface area contributed by atoms with Gasteiger partial charge in [-0.1, -0.05) is 42.0 Å². The molecule has 0 saturated carbocycles. The first-order valence-corrected chi connectivity index (χ1v) is 15.0. The molecule has 1 aliphatic rings. The van der Waals surface area contributed by atoms with Gasteiger partial charge in [-0.3, -0.25) is 19.5 Å². The molecule has 5 aromatic rings. The second-order valence-corrected chi connectivity index (χ2v) is 11.7. The summed E-state index contributed by atoms with van der Waals surface area (Å²) in [7, 11) is 0. The van der Waals surface area contributed by atoms with Crippen LogP contribution in [-0.4, -0.2) is 38.9 Å². The summed E-state index contributed by atoms with van der Waals surface area (Å²) in [4.78, 5) is 33.8. The van der Waals surface area contributed by atoms with E-state index in [9.17, 15) is 14.0 Å². The van der Waals surface area contributed by atoms with Gasteiger partial charge in [0.1, 0.15) is 23.9 Å². The summed E-state index contributed by atoms with van der Waals surface area (Å²) in [5.41, 5.74) is 4.98. The molecule has 0 unspecified atom stereocenters. The number of hydrogen-bond acceptors (Lipinski definition) is 6. The molecule has 2 aromatic carbocycles. The second-order valence-electron chi connectivity index (χ2n) is 9.63. The van der Waals surface area contributed by atoms with E-state index < -0.39 is 0 Å². The fourth-order valence-electron chi connectivity index (χ4n) is 4.77. The number of hydrogen-bond donors (Lipinski definition) is 1. The van der Waals surface area contributed by atoms with Crippen LogP contribution in [0.2, 0.25) is 0 Å². The van der Waals surface area contributed by atoms with Crippen molar-refractivity contribution in [3.63, 3.8) is 0 Å². The first kappa shape index (κ1) is 26.9. The SMILES string of the molecule is Cc1ccc(-n2nc(-c3cccs3)c3c2N(CC(=O)NCc2ccccn2)C(=O)CS[C@@H]3c2ccc(F)cc2)cc1. The number of halogens is 1. The Morgan fingerprint density at radius 3 is 2.56 bits per heavy atom. The summed E-state index contributed by atoms with van der Waals surface area (Å²) in [5, 5.41) is 9.63. The monoisotopic (exact) mass is 583 g/mol. The zero-order chi connectivity index (χ0) is 28.3.